The highest BCUT2D eigenvalue weighted by molar-refractivity contribution is 7.89. The van der Waals surface area contributed by atoms with E-state index in [0.717, 1.165) is 28.6 Å². The van der Waals surface area contributed by atoms with E-state index in [2.05, 4.69) is 25.8 Å². The largest absolute Gasteiger partial charge is 0.357 e. The molecule has 2 aromatic heterocycles. The average molecular weight is 559 g/mol. The molecule has 1 aliphatic heterocycles. The van der Waals surface area contributed by atoms with Crippen LogP contribution in [0.3, 0.4) is 0 Å². The number of benzene rings is 2. The van der Waals surface area contributed by atoms with Crippen molar-refractivity contribution in [2.24, 2.45) is 0 Å². The number of aromatic nitrogens is 3. The highest BCUT2D eigenvalue weighted by Gasteiger charge is 2.48. The fraction of sp³-hybridized carbons (Fsp3) is 0.160. The van der Waals surface area contributed by atoms with E-state index in [0.29, 0.717) is 17.3 Å². The smallest absolute Gasteiger partial charge is 0.272 e. The summed E-state index contributed by atoms with van der Waals surface area (Å²) < 4.78 is 69.3. The summed E-state index contributed by atoms with van der Waals surface area (Å²) in [6.07, 6.45) is 1.53. The highest BCUT2D eigenvalue weighted by Crippen LogP contribution is 2.44. The van der Waals surface area contributed by atoms with Crippen LogP contribution < -0.4 is 10.6 Å². The molecule has 5 rings (SSSR count). The van der Waals surface area contributed by atoms with Gasteiger partial charge in [-0.2, -0.15) is 9.40 Å². The van der Waals surface area contributed by atoms with Crippen molar-refractivity contribution in [3.63, 3.8) is 0 Å². The van der Waals surface area contributed by atoms with E-state index in [1.807, 2.05) is 0 Å². The third-order valence-electron chi connectivity index (χ3n) is 6.38. The zero-order valence-electron chi connectivity index (χ0n) is 20.5. The lowest BCUT2D eigenvalue weighted by atomic mass is 10.0. The maximum absolute atomic E-state index is 14.0. The van der Waals surface area contributed by atoms with E-state index < -0.39 is 49.7 Å². The topological polar surface area (TPSA) is 140 Å². The number of aromatic amines is 2. The third-order valence-corrected chi connectivity index (χ3v) is 8.37. The Balaban J connectivity index is 1.43. The predicted molar refractivity (Wildman–Crippen MR) is 134 cm³/mol. The first-order chi connectivity index (χ1) is 18.4. The number of nitrogens with zero attached hydrogens (tertiary/aromatic N) is 2. The molecule has 0 atom stereocenters. The van der Waals surface area contributed by atoms with Gasteiger partial charge in [-0.25, -0.2) is 21.6 Å². The number of H-pyrrole nitrogens is 2. The number of sulfonamides is 1. The summed E-state index contributed by atoms with van der Waals surface area (Å²) in [4.78, 5) is 27.8. The summed E-state index contributed by atoms with van der Waals surface area (Å²) >= 11 is 0. The molecule has 0 saturated heterocycles. The molecule has 202 valence electrons. The van der Waals surface area contributed by atoms with E-state index in [9.17, 15) is 31.2 Å². The Bertz CT molecular complexity index is 1700. The number of rotatable bonds is 6. The van der Waals surface area contributed by atoms with Gasteiger partial charge in [-0.1, -0.05) is 0 Å². The van der Waals surface area contributed by atoms with Crippen LogP contribution in [-0.4, -0.2) is 39.7 Å². The number of amides is 2. The molecule has 14 heteroatoms. The van der Waals surface area contributed by atoms with Gasteiger partial charge in [0.15, 0.2) is 5.82 Å². The summed E-state index contributed by atoms with van der Waals surface area (Å²) in [5.74, 6) is -4.13. The maximum Gasteiger partial charge on any atom is 0.272 e. The van der Waals surface area contributed by atoms with Crippen LogP contribution in [0.1, 0.15) is 46.0 Å². The Morgan fingerprint density at radius 2 is 1.69 bits per heavy atom. The number of hydrogen-bond donors (Lipinski definition) is 4. The number of halogens is 3. The first kappa shape index (κ1) is 26.2. The monoisotopic (exact) mass is 558 g/mol. The quantitative estimate of drug-likeness (QED) is 0.282. The van der Waals surface area contributed by atoms with Gasteiger partial charge in [0.05, 0.1) is 27.4 Å². The van der Waals surface area contributed by atoms with Gasteiger partial charge in [0.1, 0.15) is 23.1 Å². The number of hydrogen-bond acceptors (Lipinski definition) is 5. The zero-order chi connectivity index (χ0) is 28.1. The summed E-state index contributed by atoms with van der Waals surface area (Å²) in [6, 6.07) is 8.33. The van der Waals surface area contributed by atoms with Gasteiger partial charge in [0, 0.05) is 24.4 Å². The first-order valence-electron chi connectivity index (χ1n) is 11.5. The first-order valence-corrected chi connectivity index (χ1v) is 12.9. The highest BCUT2D eigenvalue weighted by atomic mass is 32.2. The van der Waals surface area contributed by atoms with Crippen molar-refractivity contribution >= 4 is 33.3 Å². The van der Waals surface area contributed by atoms with Crippen LogP contribution in [0.5, 0.6) is 0 Å². The second-order valence-corrected chi connectivity index (χ2v) is 11.1. The van der Waals surface area contributed by atoms with Crippen LogP contribution in [0.4, 0.5) is 24.7 Å². The molecule has 1 aliphatic rings. The van der Waals surface area contributed by atoms with Gasteiger partial charge in [0.25, 0.3) is 11.8 Å². The number of nitrogens with one attached hydrogen (secondary N) is 4. The standard InChI is InChI=1S/C25H21F3N6O4S/c1-25(2)21-18(12-34(25)39(37,38)16-9-14(27)8-15(28)10-16)22(33-32-21)31-23(35)17-6-5-13(26)11-20(17)30-24(36)19-4-3-7-29-19/h3-11,29H,12H2,1-2H3,(H,30,36)(H2,31,32,33,35). The van der Waals surface area contributed by atoms with Crippen molar-refractivity contribution in [2.45, 2.75) is 30.8 Å². The van der Waals surface area contributed by atoms with Crippen molar-refractivity contribution in [1.82, 2.24) is 19.5 Å². The van der Waals surface area contributed by atoms with Crippen molar-refractivity contribution in [3.05, 3.63) is 94.7 Å². The SMILES string of the molecule is CC1(C)c2[nH]nc(NC(=O)c3ccc(F)cc3NC(=O)c3ccc[nH]3)c2CN1S(=O)(=O)c1cc(F)cc(F)c1. The molecule has 10 nitrogen and oxygen atoms in total. The zero-order valence-corrected chi connectivity index (χ0v) is 21.3. The molecule has 0 aliphatic carbocycles. The molecule has 0 unspecified atom stereocenters. The van der Waals surface area contributed by atoms with E-state index in [1.165, 1.54) is 18.3 Å². The van der Waals surface area contributed by atoms with Crippen LogP contribution in [-0.2, 0) is 22.1 Å². The van der Waals surface area contributed by atoms with Crippen molar-refractivity contribution < 1.29 is 31.2 Å². The summed E-state index contributed by atoms with van der Waals surface area (Å²) in [7, 11) is -4.37. The Labute approximate surface area is 220 Å². The van der Waals surface area contributed by atoms with E-state index >= 15 is 0 Å². The summed E-state index contributed by atoms with van der Waals surface area (Å²) in [5.41, 5.74) is -0.525. The molecule has 3 heterocycles. The average Bonchev–Trinajstić information content (AvgIpc) is 3.57. The molecule has 0 spiro atoms. The van der Waals surface area contributed by atoms with Crippen LogP contribution in [0, 0.1) is 17.5 Å². The van der Waals surface area contributed by atoms with Crippen molar-refractivity contribution in [1.29, 1.82) is 0 Å². The molecule has 4 aromatic rings. The number of carbonyl (C=O) groups is 2. The van der Waals surface area contributed by atoms with Gasteiger partial charge in [-0.15, -0.1) is 0 Å². The molecule has 4 N–H and O–H groups in total. The fourth-order valence-corrected chi connectivity index (χ4v) is 6.21. The second-order valence-electron chi connectivity index (χ2n) is 9.28. The van der Waals surface area contributed by atoms with Gasteiger partial charge in [0.2, 0.25) is 10.0 Å². The molecule has 2 amide bonds. The minimum absolute atomic E-state index is 0.00262. The van der Waals surface area contributed by atoms with Gasteiger partial charge in [-0.05, 0) is 56.3 Å². The van der Waals surface area contributed by atoms with E-state index in [1.54, 1.807) is 19.9 Å². The molecule has 0 fully saturated rings. The summed E-state index contributed by atoms with van der Waals surface area (Å²) in [6.45, 7) is 2.88. The molecule has 0 saturated carbocycles. The van der Waals surface area contributed by atoms with Crippen LogP contribution in [0.25, 0.3) is 0 Å². The Kier molecular flexibility index (Phi) is 6.31. The lowest BCUT2D eigenvalue weighted by molar-refractivity contribution is 0.102. The molecular weight excluding hydrogens is 537 g/mol. The Morgan fingerprint density at radius 1 is 0.974 bits per heavy atom. The van der Waals surface area contributed by atoms with Crippen molar-refractivity contribution in [3.8, 4) is 0 Å². The van der Waals surface area contributed by atoms with Crippen LogP contribution in [0.15, 0.2) is 59.6 Å². The lowest BCUT2D eigenvalue weighted by Gasteiger charge is -2.30. The Hall–Kier alpha value is -4.43. The number of carbonyl (C=O) groups excluding carboxylic acids is 2. The number of anilines is 2. The van der Waals surface area contributed by atoms with Crippen molar-refractivity contribution in [2.75, 3.05) is 10.6 Å². The molecule has 0 radical (unpaired) electrons. The van der Waals surface area contributed by atoms with Gasteiger partial charge in [-0.3, -0.25) is 14.7 Å². The van der Waals surface area contributed by atoms with Gasteiger partial charge < -0.3 is 15.6 Å². The Morgan fingerprint density at radius 3 is 2.36 bits per heavy atom. The lowest BCUT2D eigenvalue weighted by Crippen LogP contribution is -2.40. The maximum atomic E-state index is 14.0. The molecule has 0 bridgehead atoms. The van der Waals surface area contributed by atoms with Crippen LogP contribution in [0.2, 0.25) is 0 Å². The van der Waals surface area contributed by atoms with Gasteiger partial charge >= 0.3 is 0 Å². The molecule has 2 aromatic carbocycles. The second kappa shape index (κ2) is 9.39. The normalized spacial score (nSPS) is 14.7. The minimum Gasteiger partial charge on any atom is -0.357 e. The summed E-state index contributed by atoms with van der Waals surface area (Å²) in [5, 5.41) is 11.9. The van der Waals surface area contributed by atoms with E-state index in [4.69, 9.17) is 0 Å². The van der Waals surface area contributed by atoms with Crippen LogP contribution >= 0.6 is 0 Å². The minimum atomic E-state index is -4.37. The van der Waals surface area contributed by atoms with E-state index in [-0.39, 0.29) is 29.3 Å². The third kappa shape index (κ3) is 4.68. The molecular formula is C25H21F3N6O4S. The molecule has 39 heavy (non-hydrogen) atoms. The predicted octanol–water partition coefficient (Wildman–Crippen LogP) is 4.10. The fourth-order valence-electron chi connectivity index (χ4n) is 4.44. The number of fused-ring (bicyclic) bond motifs is 1.